The fourth-order valence-electron chi connectivity index (χ4n) is 1.69. The molecule has 0 aliphatic heterocycles. The molecule has 0 bridgehead atoms. The number of hydrogen-bond donors (Lipinski definition) is 1. The van der Waals surface area contributed by atoms with E-state index in [4.69, 9.17) is 11.6 Å². The van der Waals surface area contributed by atoms with Gasteiger partial charge in [-0.3, -0.25) is 0 Å². The first kappa shape index (κ1) is 14.2. The van der Waals surface area contributed by atoms with Gasteiger partial charge in [0.25, 0.3) is 0 Å². The van der Waals surface area contributed by atoms with Gasteiger partial charge in [0, 0.05) is 5.25 Å². The van der Waals surface area contributed by atoms with Gasteiger partial charge in [0.15, 0.2) is 6.54 Å². The Morgan fingerprint density at radius 1 is 1.44 bits per heavy atom. The topological polar surface area (TPSA) is 16.8 Å². The summed E-state index contributed by atoms with van der Waals surface area (Å²) in [6.45, 7) is 4.45. The Balaban J connectivity index is 2.17. The second-order valence-electron chi connectivity index (χ2n) is 4.12. The van der Waals surface area contributed by atoms with Crippen molar-refractivity contribution in [1.29, 1.82) is 0 Å². The molecule has 0 radical (unpaired) electrons. The van der Waals surface area contributed by atoms with E-state index in [9.17, 15) is 4.39 Å². The molecule has 2 heterocycles. The maximum absolute atomic E-state index is 14.1. The van der Waals surface area contributed by atoms with Crippen LogP contribution in [0.15, 0.2) is 11.0 Å². The van der Waals surface area contributed by atoms with Gasteiger partial charge >= 0.3 is 5.95 Å². The maximum Gasteiger partial charge on any atom is 0.374 e. The van der Waals surface area contributed by atoms with Crippen molar-refractivity contribution >= 4 is 46.9 Å². The Kier molecular flexibility index (Phi) is 4.64. The Labute approximate surface area is 124 Å². The van der Waals surface area contributed by atoms with Crippen molar-refractivity contribution < 1.29 is 8.96 Å². The van der Waals surface area contributed by atoms with Crippen LogP contribution in [0.2, 0.25) is 5.15 Å². The lowest BCUT2D eigenvalue weighted by atomic mass is 10.1. The lowest BCUT2D eigenvalue weighted by Crippen LogP contribution is -2.37. The van der Waals surface area contributed by atoms with E-state index in [0.29, 0.717) is 16.6 Å². The van der Waals surface area contributed by atoms with Crippen molar-refractivity contribution in [3.63, 3.8) is 0 Å². The predicted octanol–water partition coefficient (Wildman–Crippen LogP) is 4.08. The zero-order valence-corrected chi connectivity index (χ0v) is 13.2. The summed E-state index contributed by atoms with van der Waals surface area (Å²) in [5.74, 6) is -0.0582. The Hall–Kier alpha value is -0.170. The molecule has 7 heteroatoms. The van der Waals surface area contributed by atoms with Crippen LogP contribution in [0.25, 0.3) is 0 Å². The van der Waals surface area contributed by atoms with Gasteiger partial charge in [-0.15, -0.1) is 15.7 Å². The van der Waals surface area contributed by atoms with Crippen LogP contribution in [0, 0.1) is 5.95 Å². The second-order valence-corrected chi connectivity index (χ2v) is 7.02. The number of hydrogen-bond acceptors (Lipinski definition) is 4. The van der Waals surface area contributed by atoms with Gasteiger partial charge in [-0.25, -0.2) is 4.98 Å². The molecule has 2 unspecified atom stereocenters. The van der Waals surface area contributed by atoms with Gasteiger partial charge in [0.1, 0.15) is 10.0 Å². The predicted molar refractivity (Wildman–Crippen MR) is 77.4 cm³/mol. The van der Waals surface area contributed by atoms with E-state index in [1.807, 2.05) is 13.8 Å². The molecule has 0 spiro atoms. The SMILES string of the molecule is CC(S)c1sc[n+](CC(C)c2scnc2Cl)c1F. The minimum absolute atomic E-state index is 0.0847. The molecule has 18 heavy (non-hydrogen) atoms. The minimum atomic E-state index is -0.199. The molecule has 2 nitrogen and oxygen atoms in total. The molecule has 0 amide bonds. The quantitative estimate of drug-likeness (QED) is 0.662. The molecule has 0 fully saturated rings. The van der Waals surface area contributed by atoms with Gasteiger partial charge < -0.3 is 0 Å². The minimum Gasteiger partial charge on any atom is -0.233 e. The molecular weight excluding hydrogens is 311 g/mol. The van der Waals surface area contributed by atoms with Crippen LogP contribution < -0.4 is 4.57 Å². The Morgan fingerprint density at radius 2 is 2.17 bits per heavy atom. The van der Waals surface area contributed by atoms with Gasteiger partial charge in [-0.1, -0.05) is 29.9 Å². The highest BCUT2D eigenvalue weighted by atomic mass is 35.5. The average Bonchev–Trinajstić information content (AvgIpc) is 2.86. The first-order valence-corrected chi connectivity index (χ1v) is 8.09. The third-order valence-corrected chi connectivity index (χ3v) is 5.65. The van der Waals surface area contributed by atoms with E-state index in [0.717, 1.165) is 4.88 Å². The van der Waals surface area contributed by atoms with Crippen LogP contribution in [0.1, 0.15) is 34.8 Å². The highest BCUT2D eigenvalue weighted by Crippen LogP contribution is 2.29. The number of aromatic nitrogens is 2. The highest BCUT2D eigenvalue weighted by molar-refractivity contribution is 7.80. The monoisotopic (exact) mass is 323 g/mol. The number of halogens is 2. The van der Waals surface area contributed by atoms with Gasteiger partial charge in [0.2, 0.25) is 5.51 Å². The Morgan fingerprint density at radius 3 is 2.67 bits per heavy atom. The van der Waals surface area contributed by atoms with Crippen molar-refractivity contribution in [3.05, 3.63) is 31.9 Å². The average molecular weight is 324 g/mol. The number of thiol groups is 1. The molecule has 2 aromatic rings. The standard InChI is InChI=1S/C11H12ClFN2S3/c1-6(8-10(12)14-4-17-8)3-15-5-18-9(7(2)16)11(15)13/h4-7H,3H2,1-2H3/p+1. The number of nitrogens with zero attached hydrogens (tertiary/aromatic N) is 2. The summed E-state index contributed by atoms with van der Waals surface area (Å²) in [6.07, 6.45) is 0. The second kappa shape index (κ2) is 5.86. The van der Waals surface area contributed by atoms with Crippen LogP contribution in [0.4, 0.5) is 4.39 Å². The van der Waals surface area contributed by atoms with Crippen molar-refractivity contribution in [1.82, 2.24) is 4.98 Å². The summed E-state index contributed by atoms with van der Waals surface area (Å²) in [4.78, 5) is 5.67. The molecule has 0 saturated heterocycles. The lowest BCUT2D eigenvalue weighted by molar-refractivity contribution is -0.721. The van der Waals surface area contributed by atoms with E-state index >= 15 is 0 Å². The molecule has 2 aromatic heterocycles. The Bertz CT molecular complexity index is 538. The third kappa shape index (κ3) is 2.87. The van der Waals surface area contributed by atoms with Gasteiger partial charge in [-0.05, 0) is 6.92 Å². The zero-order chi connectivity index (χ0) is 13.3. The normalized spacial score (nSPS) is 14.7. The van der Waals surface area contributed by atoms with Crippen molar-refractivity contribution in [3.8, 4) is 0 Å². The first-order valence-electron chi connectivity index (χ1n) is 5.44. The number of rotatable bonds is 4. The molecule has 98 valence electrons. The molecule has 0 N–H and O–H groups in total. The van der Waals surface area contributed by atoms with Crippen LogP contribution in [-0.2, 0) is 6.54 Å². The fourth-order valence-corrected chi connectivity index (χ4v) is 3.96. The first-order chi connectivity index (χ1) is 8.50. The third-order valence-electron chi connectivity index (χ3n) is 2.61. The smallest absolute Gasteiger partial charge is 0.233 e. The van der Waals surface area contributed by atoms with Gasteiger partial charge in [-0.2, -0.15) is 17.2 Å². The van der Waals surface area contributed by atoms with E-state index in [-0.39, 0.29) is 17.1 Å². The highest BCUT2D eigenvalue weighted by Gasteiger charge is 2.25. The maximum atomic E-state index is 14.1. The molecular formula is C11H13ClFN2S3+. The van der Waals surface area contributed by atoms with Gasteiger partial charge in [0.05, 0.1) is 16.3 Å². The zero-order valence-electron chi connectivity index (χ0n) is 9.93. The molecule has 2 rings (SSSR count). The molecule has 0 saturated carbocycles. The summed E-state index contributed by atoms with van der Waals surface area (Å²) in [5, 5.41) is 0.435. The van der Waals surface area contributed by atoms with Crippen LogP contribution in [-0.4, -0.2) is 4.98 Å². The molecule has 0 aromatic carbocycles. The van der Waals surface area contributed by atoms with E-state index in [1.165, 1.54) is 22.7 Å². The van der Waals surface area contributed by atoms with Crippen LogP contribution in [0.5, 0.6) is 0 Å². The van der Waals surface area contributed by atoms with E-state index < -0.39 is 0 Å². The van der Waals surface area contributed by atoms with E-state index in [2.05, 4.69) is 17.6 Å². The number of thiazole rings is 2. The van der Waals surface area contributed by atoms with Crippen LogP contribution in [0.3, 0.4) is 0 Å². The van der Waals surface area contributed by atoms with Crippen molar-refractivity contribution in [2.24, 2.45) is 0 Å². The summed E-state index contributed by atoms with van der Waals surface area (Å²) < 4.78 is 15.7. The molecule has 2 atom stereocenters. The largest absolute Gasteiger partial charge is 0.374 e. The van der Waals surface area contributed by atoms with Crippen molar-refractivity contribution in [2.75, 3.05) is 0 Å². The van der Waals surface area contributed by atoms with E-state index in [1.54, 1.807) is 15.6 Å². The summed E-state index contributed by atoms with van der Waals surface area (Å²) in [5.41, 5.74) is 3.51. The summed E-state index contributed by atoms with van der Waals surface area (Å²) in [6, 6.07) is 0. The fraction of sp³-hybridized carbons (Fsp3) is 0.455. The summed E-state index contributed by atoms with van der Waals surface area (Å²) in [7, 11) is 0. The lowest BCUT2D eigenvalue weighted by Gasteiger charge is -2.04. The molecule has 0 aliphatic rings. The van der Waals surface area contributed by atoms with Crippen LogP contribution >= 0.6 is 46.9 Å². The van der Waals surface area contributed by atoms with Crippen molar-refractivity contribution in [2.45, 2.75) is 31.6 Å². The molecule has 0 aliphatic carbocycles. The summed E-state index contributed by atoms with van der Waals surface area (Å²) >= 11 is 13.1.